The molecule has 0 atom stereocenters. The molecule has 0 amide bonds. The van der Waals surface area contributed by atoms with Gasteiger partial charge in [0.15, 0.2) is 0 Å². The lowest BCUT2D eigenvalue weighted by Gasteiger charge is -2.17. The normalized spacial score (nSPS) is 13.8. The monoisotopic (exact) mass is 312 g/mol. The summed E-state index contributed by atoms with van der Waals surface area (Å²) < 4.78 is 4.69. The third-order valence-electron chi connectivity index (χ3n) is 3.82. The topological polar surface area (TPSA) is 68.2 Å². The smallest absolute Gasteiger partial charge is 0.339 e. The van der Waals surface area contributed by atoms with Crippen LogP contribution in [0.1, 0.15) is 48.2 Å². The first-order chi connectivity index (χ1) is 10.9. The Kier molecular flexibility index (Phi) is 3.75. The van der Waals surface area contributed by atoms with Crippen LogP contribution >= 0.6 is 0 Å². The van der Waals surface area contributed by atoms with Gasteiger partial charge in [0.25, 0.3) is 0 Å². The number of fused-ring (bicyclic) bond motifs is 1. The molecule has 0 aromatic carbocycles. The number of carbonyl (C=O) groups is 1. The van der Waals surface area contributed by atoms with Crippen LogP contribution in [0.3, 0.4) is 0 Å². The van der Waals surface area contributed by atoms with Crippen LogP contribution in [0.15, 0.2) is 24.5 Å². The van der Waals surface area contributed by atoms with Gasteiger partial charge in [-0.3, -0.25) is 0 Å². The number of pyridine rings is 1. The van der Waals surface area contributed by atoms with Crippen LogP contribution in [0, 0.1) is 0 Å². The van der Waals surface area contributed by atoms with E-state index in [9.17, 15) is 4.79 Å². The van der Waals surface area contributed by atoms with Crippen LogP contribution in [0.5, 0.6) is 0 Å². The summed E-state index contributed by atoms with van der Waals surface area (Å²) in [6.45, 7) is 7.74. The minimum absolute atomic E-state index is 0.0666. The van der Waals surface area contributed by atoms with Gasteiger partial charge in [-0.25, -0.2) is 19.7 Å². The van der Waals surface area contributed by atoms with Crippen LogP contribution in [0.25, 0.3) is 0 Å². The molecule has 0 unspecified atom stereocenters. The molecule has 0 N–H and O–H groups in total. The number of esters is 1. The molecule has 0 saturated heterocycles. The quantitative estimate of drug-likeness (QED) is 0.794. The minimum Gasteiger partial charge on any atom is -0.465 e. The van der Waals surface area contributed by atoms with Gasteiger partial charge in [0.1, 0.15) is 11.6 Å². The molecule has 6 heteroatoms. The van der Waals surface area contributed by atoms with Crippen molar-refractivity contribution < 1.29 is 9.53 Å². The van der Waals surface area contributed by atoms with E-state index in [1.165, 1.54) is 13.3 Å². The number of anilines is 1. The van der Waals surface area contributed by atoms with Gasteiger partial charge in [-0.05, 0) is 12.1 Å². The largest absolute Gasteiger partial charge is 0.465 e. The Balaban J connectivity index is 1.80. The van der Waals surface area contributed by atoms with E-state index >= 15 is 0 Å². The molecule has 2 aromatic heterocycles. The average molecular weight is 312 g/mol. The van der Waals surface area contributed by atoms with Crippen molar-refractivity contribution in [3.63, 3.8) is 0 Å². The molecule has 2 aromatic rings. The van der Waals surface area contributed by atoms with Crippen molar-refractivity contribution in [3.05, 3.63) is 47.2 Å². The molecule has 3 rings (SSSR count). The van der Waals surface area contributed by atoms with Crippen LogP contribution in [-0.2, 0) is 23.2 Å². The third-order valence-corrected chi connectivity index (χ3v) is 3.82. The number of rotatable bonds is 2. The van der Waals surface area contributed by atoms with Crippen molar-refractivity contribution in [2.45, 2.75) is 39.3 Å². The summed E-state index contributed by atoms with van der Waals surface area (Å²) in [7, 11) is 1.36. The Morgan fingerprint density at radius 1 is 1.17 bits per heavy atom. The number of ether oxygens (including phenoxy) is 1. The number of nitrogens with zero attached hydrogens (tertiary/aromatic N) is 4. The lowest BCUT2D eigenvalue weighted by atomic mass is 9.95. The Morgan fingerprint density at radius 3 is 2.57 bits per heavy atom. The summed E-state index contributed by atoms with van der Waals surface area (Å²) in [6, 6.07) is 3.56. The third kappa shape index (κ3) is 3.02. The van der Waals surface area contributed by atoms with Crippen LogP contribution in [-0.4, -0.2) is 28.0 Å². The molecule has 0 spiro atoms. The van der Waals surface area contributed by atoms with Crippen LogP contribution in [0.2, 0.25) is 0 Å². The van der Waals surface area contributed by atoms with Crippen molar-refractivity contribution in [1.29, 1.82) is 0 Å². The number of methoxy groups -OCH3 is 1. The van der Waals surface area contributed by atoms with E-state index < -0.39 is 0 Å². The van der Waals surface area contributed by atoms with Crippen molar-refractivity contribution in [2.24, 2.45) is 0 Å². The zero-order valence-corrected chi connectivity index (χ0v) is 13.8. The lowest BCUT2D eigenvalue weighted by Crippen LogP contribution is -2.17. The molecule has 0 bridgehead atoms. The maximum atomic E-state index is 11.5. The van der Waals surface area contributed by atoms with E-state index in [2.05, 4.69) is 40.4 Å². The lowest BCUT2D eigenvalue weighted by molar-refractivity contribution is 0.0600. The zero-order valence-electron chi connectivity index (χ0n) is 13.8. The molecular weight excluding hydrogens is 292 g/mol. The molecule has 3 heterocycles. The van der Waals surface area contributed by atoms with Gasteiger partial charge in [0.05, 0.1) is 24.9 Å². The molecule has 0 radical (unpaired) electrons. The van der Waals surface area contributed by atoms with E-state index in [1.807, 2.05) is 12.3 Å². The number of hydrogen-bond acceptors (Lipinski definition) is 6. The maximum Gasteiger partial charge on any atom is 0.339 e. The first-order valence-corrected chi connectivity index (χ1v) is 7.53. The number of carbonyl (C=O) groups excluding carboxylic acids is 1. The molecule has 23 heavy (non-hydrogen) atoms. The van der Waals surface area contributed by atoms with Crippen molar-refractivity contribution >= 4 is 11.8 Å². The number of aromatic nitrogens is 3. The summed E-state index contributed by atoms with van der Waals surface area (Å²) in [4.78, 5) is 27.1. The SMILES string of the molecule is COC(=O)c1ccc(N2Cc3cnc(C(C)(C)C)nc3C2)nc1. The Labute approximate surface area is 135 Å². The van der Waals surface area contributed by atoms with Gasteiger partial charge in [0.2, 0.25) is 0 Å². The zero-order chi connectivity index (χ0) is 16.6. The second kappa shape index (κ2) is 5.61. The summed E-state index contributed by atoms with van der Waals surface area (Å²) in [6.07, 6.45) is 3.45. The highest BCUT2D eigenvalue weighted by Gasteiger charge is 2.25. The van der Waals surface area contributed by atoms with E-state index in [4.69, 9.17) is 4.98 Å². The Bertz CT molecular complexity index is 735. The fourth-order valence-corrected chi connectivity index (χ4v) is 2.49. The molecule has 0 saturated carbocycles. The van der Waals surface area contributed by atoms with Crippen LogP contribution in [0.4, 0.5) is 5.82 Å². The summed E-state index contributed by atoms with van der Waals surface area (Å²) in [5, 5.41) is 0. The Hall–Kier alpha value is -2.50. The van der Waals surface area contributed by atoms with Crippen molar-refractivity contribution in [3.8, 4) is 0 Å². The molecule has 0 fully saturated rings. The fourth-order valence-electron chi connectivity index (χ4n) is 2.49. The predicted molar refractivity (Wildman–Crippen MR) is 86.2 cm³/mol. The van der Waals surface area contributed by atoms with E-state index in [-0.39, 0.29) is 11.4 Å². The van der Waals surface area contributed by atoms with Crippen molar-refractivity contribution in [1.82, 2.24) is 15.0 Å². The van der Waals surface area contributed by atoms with Gasteiger partial charge < -0.3 is 9.64 Å². The van der Waals surface area contributed by atoms with E-state index in [0.29, 0.717) is 12.1 Å². The van der Waals surface area contributed by atoms with Gasteiger partial charge in [-0.1, -0.05) is 20.8 Å². The molecule has 6 nitrogen and oxygen atoms in total. The standard InChI is InChI=1S/C17H20N4O2/c1-17(2,3)16-19-8-12-9-21(10-13(12)20-16)14-6-5-11(7-18-14)15(22)23-4/h5-8H,9-10H2,1-4H3. The molecule has 1 aliphatic rings. The van der Waals surface area contributed by atoms with Crippen molar-refractivity contribution in [2.75, 3.05) is 12.0 Å². The molecule has 120 valence electrons. The minimum atomic E-state index is -0.380. The first kappa shape index (κ1) is 15.4. The van der Waals surface area contributed by atoms with Gasteiger partial charge in [0, 0.05) is 29.9 Å². The second-order valence-corrected chi connectivity index (χ2v) is 6.67. The van der Waals surface area contributed by atoms with Gasteiger partial charge >= 0.3 is 5.97 Å². The first-order valence-electron chi connectivity index (χ1n) is 7.53. The molecular formula is C17H20N4O2. The molecule has 0 aliphatic carbocycles. The Morgan fingerprint density at radius 2 is 1.96 bits per heavy atom. The number of hydrogen-bond donors (Lipinski definition) is 0. The summed E-state index contributed by atoms with van der Waals surface area (Å²) in [5.74, 6) is 1.29. The maximum absolute atomic E-state index is 11.5. The highest BCUT2D eigenvalue weighted by Crippen LogP contribution is 2.27. The fraction of sp³-hybridized carbons (Fsp3) is 0.412. The highest BCUT2D eigenvalue weighted by molar-refractivity contribution is 5.89. The van der Waals surface area contributed by atoms with Crippen LogP contribution < -0.4 is 4.90 Å². The second-order valence-electron chi connectivity index (χ2n) is 6.67. The predicted octanol–water partition coefficient (Wildman–Crippen LogP) is 2.48. The summed E-state index contributed by atoms with van der Waals surface area (Å²) in [5.41, 5.74) is 2.55. The van der Waals surface area contributed by atoms with E-state index in [1.54, 1.807) is 6.07 Å². The van der Waals surface area contributed by atoms with Gasteiger partial charge in [-0.2, -0.15) is 0 Å². The highest BCUT2D eigenvalue weighted by atomic mass is 16.5. The summed E-state index contributed by atoms with van der Waals surface area (Å²) >= 11 is 0. The van der Waals surface area contributed by atoms with E-state index in [0.717, 1.165) is 29.4 Å². The van der Waals surface area contributed by atoms with Gasteiger partial charge in [-0.15, -0.1) is 0 Å². The average Bonchev–Trinajstić information content (AvgIpc) is 2.96. The molecule has 1 aliphatic heterocycles.